The number of hydrogen-bond acceptors (Lipinski definition) is 8. The minimum Gasteiger partial charge on any atom is -0.497 e. The average molecular weight is 492 g/mol. The summed E-state index contributed by atoms with van der Waals surface area (Å²) in [5.74, 6) is 0.790. The van der Waals surface area contributed by atoms with Gasteiger partial charge in [0.1, 0.15) is 35.7 Å². The Hall–Kier alpha value is -4.22. The highest BCUT2D eigenvalue weighted by Gasteiger charge is 2.42. The molecular formula is C25H25N5O6. The first-order valence-corrected chi connectivity index (χ1v) is 11.4. The van der Waals surface area contributed by atoms with Crippen molar-refractivity contribution in [2.75, 3.05) is 13.7 Å². The molecule has 3 N–H and O–H groups in total. The highest BCUT2D eigenvalue weighted by atomic mass is 16.6. The lowest BCUT2D eigenvalue weighted by atomic mass is 10.1. The van der Waals surface area contributed by atoms with Crippen molar-refractivity contribution in [2.45, 2.75) is 32.3 Å². The van der Waals surface area contributed by atoms with Crippen LogP contribution in [0.25, 0.3) is 11.0 Å². The first-order valence-electron chi connectivity index (χ1n) is 11.4. The highest BCUT2D eigenvalue weighted by Crippen LogP contribution is 2.35. The molecule has 1 saturated heterocycles. The van der Waals surface area contributed by atoms with Crippen molar-refractivity contribution in [1.82, 2.24) is 25.1 Å². The second-order valence-electron chi connectivity index (χ2n) is 8.39. The Labute approximate surface area is 205 Å². The fourth-order valence-corrected chi connectivity index (χ4v) is 4.02. The van der Waals surface area contributed by atoms with Crippen LogP contribution in [-0.2, 0) is 17.8 Å². The van der Waals surface area contributed by atoms with Gasteiger partial charge < -0.3 is 24.3 Å². The third-order valence-corrected chi connectivity index (χ3v) is 5.92. The predicted molar refractivity (Wildman–Crippen MR) is 129 cm³/mol. The molecule has 2 aromatic heterocycles. The third-order valence-electron chi connectivity index (χ3n) is 5.92. The smallest absolute Gasteiger partial charge is 0.335 e. The number of ether oxygens (including phenoxy) is 3. The first-order chi connectivity index (χ1) is 17.4. The van der Waals surface area contributed by atoms with E-state index in [1.54, 1.807) is 32.4 Å². The summed E-state index contributed by atoms with van der Waals surface area (Å²) in [5.41, 5.74) is 2.40. The van der Waals surface area contributed by atoms with Gasteiger partial charge in [0.25, 0.3) is 5.56 Å². The van der Waals surface area contributed by atoms with E-state index in [0.29, 0.717) is 41.3 Å². The normalized spacial score (nSPS) is 16.7. The summed E-state index contributed by atoms with van der Waals surface area (Å²) in [6.45, 7) is 2.85. The number of aromatic amines is 1. The Bertz CT molecular complexity index is 1480. The molecule has 5 rings (SSSR count). The third kappa shape index (κ3) is 4.92. The lowest BCUT2D eigenvalue weighted by Gasteiger charge is -2.09. The molecule has 2 atom stereocenters. The van der Waals surface area contributed by atoms with Gasteiger partial charge in [0.15, 0.2) is 11.6 Å². The number of aromatic carboxylic acids is 1. The van der Waals surface area contributed by atoms with Crippen molar-refractivity contribution in [3.8, 4) is 11.5 Å². The number of hydrogen-bond donors (Lipinski definition) is 3. The summed E-state index contributed by atoms with van der Waals surface area (Å²) in [6.07, 6.45) is 0.939. The number of benzene rings is 2. The molecule has 0 amide bonds. The molecule has 2 aromatic carbocycles. The molecule has 11 heteroatoms. The second kappa shape index (κ2) is 9.80. The van der Waals surface area contributed by atoms with Gasteiger partial charge in [-0.2, -0.15) is 5.10 Å². The maximum absolute atomic E-state index is 12.8. The number of epoxide rings is 1. The van der Waals surface area contributed by atoms with Gasteiger partial charge in [0.2, 0.25) is 0 Å². The van der Waals surface area contributed by atoms with Crippen LogP contribution in [0, 0.1) is 6.92 Å². The second-order valence-corrected chi connectivity index (χ2v) is 8.39. The van der Waals surface area contributed by atoms with Gasteiger partial charge in [-0.25, -0.2) is 9.78 Å². The van der Waals surface area contributed by atoms with E-state index in [9.17, 15) is 9.59 Å². The standard InChI is InChI=1S/C25H25N5O6/c1-14-10-17(6-7-18(14)25(32)33)35-9-8-30-20-19(13-27-30)28-22(29-23(20)31)21-24(36-21)26-12-15-4-3-5-16(11-15)34-2/h3-7,10-11,13,21,24,26H,8-9,12H2,1-2H3,(H,32,33)(H,28,29,31). The lowest BCUT2D eigenvalue weighted by molar-refractivity contribution is 0.0696. The van der Waals surface area contributed by atoms with E-state index in [4.69, 9.17) is 19.3 Å². The fraction of sp³-hybridized carbons (Fsp3) is 0.280. The van der Waals surface area contributed by atoms with Crippen LogP contribution in [0.4, 0.5) is 0 Å². The van der Waals surface area contributed by atoms with Crippen molar-refractivity contribution >= 4 is 17.0 Å². The fourth-order valence-electron chi connectivity index (χ4n) is 4.02. The zero-order valence-corrected chi connectivity index (χ0v) is 19.7. The molecule has 1 aliphatic rings. The number of methoxy groups -OCH3 is 1. The van der Waals surface area contributed by atoms with Gasteiger partial charge in [-0.05, 0) is 48.4 Å². The molecule has 186 valence electrons. The summed E-state index contributed by atoms with van der Waals surface area (Å²) in [7, 11) is 1.63. The van der Waals surface area contributed by atoms with Crippen LogP contribution in [0.15, 0.2) is 53.5 Å². The van der Waals surface area contributed by atoms with Crippen molar-refractivity contribution in [3.05, 3.63) is 81.5 Å². The van der Waals surface area contributed by atoms with Crippen molar-refractivity contribution in [1.29, 1.82) is 0 Å². The Kier molecular flexibility index (Phi) is 6.40. The van der Waals surface area contributed by atoms with E-state index in [-0.39, 0.29) is 30.1 Å². The molecule has 1 fully saturated rings. The number of carboxylic acid groups (broad SMARTS) is 1. The molecule has 2 unspecified atom stereocenters. The van der Waals surface area contributed by atoms with Gasteiger partial charge in [0.05, 0.1) is 25.4 Å². The van der Waals surface area contributed by atoms with Crippen LogP contribution in [0.3, 0.4) is 0 Å². The minimum atomic E-state index is -0.983. The quantitative estimate of drug-likeness (QED) is 0.285. The Morgan fingerprint density at radius 3 is 2.89 bits per heavy atom. The van der Waals surface area contributed by atoms with Crippen LogP contribution in [0.2, 0.25) is 0 Å². The van der Waals surface area contributed by atoms with Crippen LogP contribution in [-0.4, -0.2) is 50.8 Å². The van der Waals surface area contributed by atoms with E-state index in [2.05, 4.69) is 20.4 Å². The molecule has 36 heavy (non-hydrogen) atoms. The minimum absolute atomic E-state index is 0.228. The lowest BCUT2D eigenvalue weighted by Crippen LogP contribution is -2.20. The number of nitrogens with zero attached hydrogens (tertiary/aromatic N) is 3. The SMILES string of the molecule is COc1cccc(CNC2OC2c2nc3cnn(CCOc4ccc(C(=O)O)c(C)c4)c3c(=O)[nH]2)c1. The highest BCUT2D eigenvalue weighted by molar-refractivity contribution is 5.89. The summed E-state index contributed by atoms with van der Waals surface area (Å²) >= 11 is 0. The van der Waals surface area contributed by atoms with E-state index in [1.807, 2.05) is 24.3 Å². The predicted octanol–water partition coefficient (Wildman–Crippen LogP) is 2.40. The molecule has 0 radical (unpaired) electrons. The maximum atomic E-state index is 12.8. The largest absolute Gasteiger partial charge is 0.497 e. The van der Waals surface area contributed by atoms with Crippen LogP contribution in [0.1, 0.15) is 33.4 Å². The molecule has 1 aliphatic heterocycles. The zero-order chi connectivity index (χ0) is 25.2. The summed E-state index contributed by atoms with van der Waals surface area (Å²) < 4.78 is 18.2. The number of fused-ring (bicyclic) bond motifs is 1. The number of nitrogens with one attached hydrogen (secondary N) is 2. The van der Waals surface area contributed by atoms with Crippen molar-refractivity contribution in [2.24, 2.45) is 0 Å². The van der Waals surface area contributed by atoms with E-state index >= 15 is 0 Å². The zero-order valence-electron chi connectivity index (χ0n) is 19.7. The van der Waals surface area contributed by atoms with Crippen LogP contribution in [0.5, 0.6) is 11.5 Å². The Morgan fingerprint density at radius 2 is 2.11 bits per heavy atom. The monoisotopic (exact) mass is 491 g/mol. The van der Waals surface area contributed by atoms with Gasteiger partial charge in [-0.15, -0.1) is 0 Å². The maximum Gasteiger partial charge on any atom is 0.335 e. The van der Waals surface area contributed by atoms with Crippen molar-refractivity contribution < 1.29 is 24.1 Å². The Morgan fingerprint density at radius 1 is 1.25 bits per heavy atom. The average Bonchev–Trinajstić information content (AvgIpc) is 3.53. The van der Waals surface area contributed by atoms with Crippen LogP contribution < -0.4 is 20.3 Å². The molecule has 0 bridgehead atoms. The number of rotatable bonds is 10. The molecule has 0 aliphatic carbocycles. The molecule has 0 saturated carbocycles. The van der Waals surface area contributed by atoms with E-state index in [0.717, 1.165) is 11.3 Å². The van der Waals surface area contributed by atoms with Gasteiger partial charge in [-0.1, -0.05) is 12.1 Å². The number of carbonyl (C=O) groups is 1. The molecule has 11 nitrogen and oxygen atoms in total. The molecular weight excluding hydrogens is 466 g/mol. The van der Waals surface area contributed by atoms with Crippen molar-refractivity contribution in [3.63, 3.8) is 0 Å². The molecule has 0 spiro atoms. The first kappa shape index (κ1) is 23.5. The summed E-state index contributed by atoms with van der Waals surface area (Å²) in [6, 6.07) is 12.5. The van der Waals surface area contributed by atoms with Gasteiger partial charge in [-0.3, -0.25) is 14.8 Å². The number of aryl methyl sites for hydroxylation is 1. The van der Waals surface area contributed by atoms with Gasteiger partial charge >= 0.3 is 5.97 Å². The molecule has 4 aromatic rings. The van der Waals surface area contributed by atoms with E-state index < -0.39 is 5.97 Å². The van der Waals surface area contributed by atoms with E-state index in [1.165, 1.54) is 10.7 Å². The number of H-pyrrole nitrogens is 1. The number of aromatic nitrogens is 4. The topological polar surface area (TPSA) is 144 Å². The summed E-state index contributed by atoms with van der Waals surface area (Å²) in [4.78, 5) is 31.3. The Balaban J connectivity index is 1.20. The summed E-state index contributed by atoms with van der Waals surface area (Å²) in [5, 5.41) is 16.7. The number of carboxylic acids is 1. The van der Waals surface area contributed by atoms with Crippen LogP contribution >= 0.6 is 0 Å². The van der Waals surface area contributed by atoms with Gasteiger partial charge in [0, 0.05) is 6.54 Å². The molecule has 3 heterocycles.